The standard InChI is InChI=1S/C20H21NO3/c1-14(2)16-10-6-11-17-19(16)24-18(15-8-4-3-5-9-15)20(23)21(17)12-7-13-22/h3-6,8-11,13-14,18H,7,12H2,1-2H3. The Morgan fingerprint density at radius 2 is 1.88 bits per heavy atom. The molecule has 1 aliphatic rings. The van der Waals surface area contributed by atoms with Crippen LogP contribution >= 0.6 is 0 Å². The third-order valence-electron chi connectivity index (χ3n) is 4.24. The van der Waals surface area contributed by atoms with Gasteiger partial charge in [0.25, 0.3) is 5.91 Å². The van der Waals surface area contributed by atoms with E-state index in [2.05, 4.69) is 13.8 Å². The first-order valence-electron chi connectivity index (χ1n) is 8.23. The van der Waals surface area contributed by atoms with Crippen LogP contribution in [0, 0.1) is 0 Å². The Balaban J connectivity index is 2.09. The number of aldehydes is 1. The van der Waals surface area contributed by atoms with Crippen LogP contribution < -0.4 is 9.64 Å². The van der Waals surface area contributed by atoms with Crippen molar-refractivity contribution < 1.29 is 14.3 Å². The van der Waals surface area contributed by atoms with Crippen LogP contribution in [0.4, 0.5) is 5.69 Å². The van der Waals surface area contributed by atoms with E-state index in [1.165, 1.54) is 0 Å². The van der Waals surface area contributed by atoms with Gasteiger partial charge in [-0.2, -0.15) is 0 Å². The highest BCUT2D eigenvalue weighted by Gasteiger charge is 2.36. The number of rotatable bonds is 5. The van der Waals surface area contributed by atoms with E-state index >= 15 is 0 Å². The van der Waals surface area contributed by atoms with Crippen molar-refractivity contribution in [2.24, 2.45) is 0 Å². The second-order valence-electron chi connectivity index (χ2n) is 6.20. The van der Waals surface area contributed by atoms with Crippen molar-refractivity contribution in [3.63, 3.8) is 0 Å². The fourth-order valence-electron chi connectivity index (χ4n) is 3.02. The van der Waals surface area contributed by atoms with Crippen LogP contribution in [-0.2, 0) is 9.59 Å². The lowest BCUT2D eigenvalue weighted by Gasteiger charge is -2.36. The van der Waals surface area contributed by atoms with Gasteiger partial charge in [0.2, 0.25) is 6.10 Å². The predicted octanol–water partition coefficient (Wildman–Crippen LogP) is 3.87. The molecule has 0 aromatic heterocycles. The topological polar surface area (TPSA) is 46.6 Å². The van der Waals surface area contributed by atoms with Crippen molar-refractivity contribution in [3.8, 4) is 5.75 Å². The number of fused-ring (bicyclic) bond motifs is 1. The Bertz CT molecular complexity index is 740. The molecule has 1 atom stereocenters. The number of anilines is 1. The van der Waals surface area contributed by atoms with Gasteiger partial charge in [-0.25, -0.2) is 0 Å². The van der Waals surface area contributed by atoms with Crippen LogP contribution in [0.3, 0.4) is 0 Å². The third kappa shape index (κ3) is 2.92. The largest absolute Gasteiger partial charge is 0.473 e. The first kappa shape index (κ1) is 16.2. The summed E-state index contributed by atoms with van der Waals surface area (Å²) in [7, 11) is 0. The van der Waals surface area contributed by atoms with Gasteiger partial charge in [-0.05, 0) is 17.5 Å². The monoisotopic (exact) mass is 323 g/mol. The molecular weight excluding hydrogens is 302 g/mol. The Hall–Kier alpha value is -2.62. The van der Waals surface area contributed by atoms with Gasteiger partial charge in [0, 0.05) is 18.5 Å². The lowest BCUT2D eigenvalue weighted by molar-refractivity contribution is -0.126. The highest BCUT2D eigenvalue weighted by atomic mass is 16.5. The van der Waals surface area contributed by atoms with Gasteiger partial charge >= 0.3 is 0 Å². The molecule has 1 unspecified atom stereocenters. The molecule has 0 radical (unpaired) electrons. The molecule has 0 spiro atoms. The van der Waals surface area contributed by atoms with Gasteiger partial charge in [0.05, 0.1) is 5.69 Å². The number of benzene rings is 2. The number of para-hydroxylation sites is 1. The number of amides is 1. The maximum absolute atomic E-state index is 13.0. The number of carbonyl (C=O) groups is 2. The minimum atomic E-state index is -0.676. The van der Waals surface area contributed by atoms with Gasteiger partial charge in [0.1, 0.15) is 12.0 Å². The lowest BCUT2D eigenvalue weighted by atomic mass is 9.98. The summed E-state index contributed by atoms with van der Waals surface area (Å²) in [5, 5.41) is 0. The van der Waals surface area contributed by atoms with Crippen LogP contribution in [0.1, 0.15) is 43.4 Å². The first-order chi connectivity index (χ1) is 11.6. The molecular formula is C20H21NO3. The molecule has 0 saturated heterocycles. The van der Waals surface area contributed by atoms with Crippen LogP contribution in [-0.4, -0.2) is 18.7 Å². The normalized spacial score (nSPS) is 16.7. The summed E-state index contributed by atoms with van der Waals surface area (Å²) in [5.41, 5.74) is 2.64. The Morgan fingerprint density at radius 1 is 1.12 bits per heavy atom. The minimum absolute atomic E-state index is 0.128. The molecule has 0 saturated carbocycles. The zero-order valence-electron chi connectivity index (χ0n) is 13.9. The van der Waals surface area contributed by atoms with E-state index in [1.54, 1.807) is 4.90 Å². The van der Waals surface area contributed by atoms with Gasteiger partial charge < -0.3 is 14.4 Å². The molecule has 2 aromatic carbocycles. The summed E-state index contributed by atoms with van der Waals surface area (Å²) in [5.74, 6) is 0.890. The van der Waals surface area contributed by atoms with E-state index < -0.39 is 6.10 Å². The molecule has 0 bridgehead atoms. The van der Waals surface area contributed by atoms with E-state index in [-0.39, 0.29) is 11.8 Å². The first-order valence-corrected chi connectivity index (χ1v) is 8.23. The molecule has 1 amide bonds. The van der Waals surface area contributed by atoms with Crippen LogP contribution in [0.5, 0.6) is 5.75 Å². The molecule has 1 heterocycles. The summed E-state index contributed by atoms with van der Waals surface area (Å²) >= 11 is 0. The quantitative estimate of drug-likeness (QED) is 0.785. The Kier molecular flexibility index (Phi) is 4.65. The van der Waals surface area contributed by atoms with Crippen LogP contribution in [0.25, 0.3) is 0 Å². The second-order valence-corrected chi connectivity index (χ2v) is 6.20. The Morgan fingerprint density at radius 3 is 2.54 bits per heavy atom. The highest BCUT2D eigenvalue weighted by Crippen LogP contribution is 2.43. The number of hydrogen-bond acceptors (Lipinski definition) is 3. The van der Waals surface area contributed by atoms with E-state index in [0.29, 0.717) is 13.0 Å². The summed E-state index contributed by atoms with van der Waals surface area (Å²) < 4.78 is 6.15. The molecule has 4 nitrogen and oxygen atoms in total. The second kappa shape index (κ2) is 6.87. The summed E-state index contributed by atoms with van der Waals surface area (Å²) in [6.45, 7) is 4.56. The van der Waals surface area contributed by atoms with Crippen molar-refractivity contribution in [1.82, 2.24) is 0 Å². The lowest BCUT2D eigenvalue weighted by Crippen LogP contribution is -2.42. The fourth-order valence-corrected chi connectivity index (χ4v) is 3.02. The third-order valence-corrected chi connectivity index (χ3v) is 4.24. The molecule has 0 N–H and O–H groups in total. The molecule has 1 aliphatic heterocycles. The molecule has 2 aromatic rings. The molecule has 24 heavy (non-hydrogen) atoms. The van der Waals surface area contributed by atoms with E-state index in [4.69, 9.17) is 4.74 Å². The minimum Gasteiger partial charge on any atom is -0.473 e. The van der Waals surface area contributed by atoms with Crippen molar-refractivity contribution in [2.75, 3.05) is 11.4 Å². The maximum atomic E-state index is 13.0. The highest BCUT2D eigenvalue weighted by molar-refractivity contribution is 6.01. The zero-order valence-corrected chi connectivity index (χ0v) is 13.9. The van der Waals surface area contributed by atoms with Crippen molar-refractivity contribution >= 4 is 17.9 Å². The van der Waals surface area contributed by atoms with E-state index in [0.717, 1.165) is 28.8 Å². The van der Waals surface area contributed by atoms with Crippen molar-refractivity contribution in [3.05, 3.63) is 59.7 Å². The number of carbonyl (C=O) groups excluding carboxylic acids is 2. The van der Waals surface area contributed by atoms with Crippen molar-refractivity contribution in [2.45, 2.75) is 32.3 Å². The maximum Gasteiger partial charge on any atom is 0.272 e. The van der Waals surface area contributed by atoms with Crippen LogP contribution in [0.2, 0.25) is 0 Å². The summed E-state index contributed by atoms with van der Waals surface area (Å²) in [6, 6.07) is 15.3. The van der Waals surface area contributed by atoms with E-state index in [1.807, 2.05) is 48.5 Å². The number of ether oxygens (including phenoxy) is 1. The zero-order chi connectivity index (χ0) is 17.1. The molecule has 0 fully saturated rings. The van der Waals surface area contributed by atoms with Crippen LogP contribution in [0.15, 0.2) is 48.5 Å². The predicted molar refractivity (Wildman–Crippen MR) is 93.4 cm³/mol. The Labute approximate surface area is 142 Å². The molecule has 4 heteroatoms. The van der Waals surface area contributed by atoms with Gasteiger partial charge in [-0.15, -0.1) is 0 Å². The summed E-state index contributed by atoms with van der Waals surface area (Å²) in [4.78, 5) is 25.5. The summed E-state index contributed by atoms with van der Waals surface area (Å²) in [6.07, 6.45) is 0.468. The van der Waals surface area contributed by atoms with Gasteiger partial charge in [-0.1, -0.05) is 56.3 Å². The average Bonchev–Trinajstić information content (AvgIpc) is 2.60. The van der Waals surface area contributed by atoms with E-state index in [9.17, 15) is 9.59 Å². The number of nitrogens with zero attached hydrogens (tertiary/aromatic N) is 1. The van der Waals surface area contributed by atoms with Crippen molar-refractivity contribution in [1.29, 1.82) is 0 Å². The number of hydrogen-bond donors (Lipinski definition) is 0. The molecule has 124 valence electrons. The smallest absolute Gasteiger partial charge is 0.272 e. The van der Waals surface area contributed by atoms with Gasteiger partial charge in [-0.3, -0.25) is 4.79 Å². The average molecular weight is 323 g/mol. The van der Waals surface area contributed by atoms with Gasteiger partial charge in [0.15, 0.2) is 0 Å². The molecule has 0 aliphatic carbocycles. The fraction of sp³-hybridized carbons (Fsp3) is 0.300. The molecule has 3 rings (SSSR count). The SMILES string of the molecule is CC(C)c1cccc2c1OC(c1ccccc1)C(=O)N2CCC=O.